The van der Waals surface area contributed by atoms with Crippen LogP contribution in [0, 0.1) is 5.92 Å². The zero-order valence-electron chi connectivity index (χ0n) is 12.6. The summed E-state index contributed by atoms with van der Waals surface area (Å²) in [6, 6.07) is -0.494. The summed E-state index contributed by atoms with van der Waals surface area (Å²) in [4.78, 5) is 28.0. The van der Waals surface area contributed by atoms with Crippen LogP contribution in [0.3, 0.4) is 0 Å². The number of carbonyl (C=O) groups is 1. The van der Waals surface area contributed by atoms with Crippen molar-refractivity contribution in [3.05, 3.63) is 22.7 Å². The van der Waals surface area contributed by atoms with E-state index in [0.29, 0.717) is 19.0 Å². The number of anilines is 1. The highest BCUT2D eigenvalue weighted by Gasteiger charge is 2.15. The van der Waals surface area contributed by atoms with Gasteiger partial charge in [-0.1, -0.05) is 20.8 Å². The number of nitrogens with zero attached hydrogens (tertiary/aromatic N) is 2. The van der Waals surface area contributed by atoms with Crippen LogP contribution in [0.25, 0.3) is 0 Å². The van der Waals surface area contributed by atoms with E-state index in [4.69, 9.17) is 0 Å². The van der Waals surface area contributed by atoms with Crippen molar-refractivity contribution in [2.45, 2.75) is 46.7 Å². The molecule has 6 heteroatoms. The van der Waals surface area contributed by atoms with Crippen LogP contribution in [0.5, 0.6) is 0 Å². The lowest BCUT2D eigenvalue weighted by Crippen LogP contribution is -2.40. The standard InChI is InChI=1S/C14H24N4O2/c1-5-7-18-8-6-15-12(14(18)20)17-11(4)13(19)16-9-10(2)3/h6,8,10-11H,5,7,9H2,1-4H3,(H,15,17)(H,16,19). The van der Waals surface area contributed by atoms with Gasteiger partial charge in [0.25, 0.3) is 5.56 Å². The molecule has 0 aliphatic carbocycles. The number of hydrogen-bond acceptors (Lipinski definition) is 4. The first kappa shape index (κ1) is 16.2. The van der Waals surface area contributed by atoms with Gasteiger partial charge in [-0.05, 0) is 19.3 Å². The van der Waals surface area contributed by atoms with E-state index in [2.05, 4.69) is 15.6 Å². The van der Waals surface area contributed by atoms with Crippen LogP contribution in [-0.4, -0.2) is 28.0 Å². The molecule has 1 rings (SSSR count). The van der Waals surface area contributed by atoms with Gasteiger partial charge in [-0.2, -0.15) is 0 Å². The van der Waals surface area contributed by atoms with Gasteiger partial charge in [0.05, 0.1) is 0 Å². The Balaban J connectivity index is 2.70. The van der Waals surface area contributed by atoms with Gasteiger partial charge in [0.2, 0.25) is 5.91 Å². The molecular formula is C14H24N4O2. The lowest BCUT2D eigenvalue weighted by Gasteiger charge is -2.15. The minimum atomic E-state index is -0.494. The highest BCUT2D eigenvalue weighted by atomic mass is 16.2. The van der Waals surface area contributed by atoms with Crippen molar-refractivity contribution in [3.8, 4) is 0 Å². The molecule has 20 heavy (non-hydrogen) atoms. The summed E-state index contributed by atoms with van der Waals surface area (Å²) in [6.07, 6.45) is 4.09. The van der Waals surface area contributed by atoms with Crippen molar-refractivity contribution in [1.82, 2.24) is 14.9 Å². The third-order valence-electron chi connectivity index (χ3n) is 2.81. The van der Waals surface area contributed by atoms with E-state index in [1.807, 2.05) is 20.8 Å². The normalized spacial score (nSPS) is 12.2. The number of amides is 1. The maximum atomic E-state index is 12.1. The number of nitrogens with one attached hydrogen (secondary N) is 2. The van der Waals surface area contributed by atoms with Crippen molar-refractivity contribution in [2.75, 3.05) is 11.9 Å². The zero-order valence-corrected chi connectivity index (χ0v) is 12.6. The van der Waals surface area contributed by atoms with E-state index in [9.17, 15) is 9.59 Å². The molecular weight excluding hydrogens is 256 g/mol. The van der Waals surface area contributed by atoms with Gasteiger partial charge in [0.1, 0.15) is 6.04 Å². The van der Waals surface area contributed by atoms with E-state index in [1.54, 1.807) is 23.9 Å². The first-order chi connectivity index (χ1) is 9.45. The van der Waals surface area contributed by atoms with Crippen LogP contribution in [-0.2, 0) is 11.3 Å². The molecule has 0 aromatic carbocycles. The van der Waals surface area contributed by atoms with Crippen molar-refractivity contribution >= 4 is 11.7 Å². The molecule has 1 amide bonds. The molecule has 112 valence electrons. The van der Waals surface area contributed by atoms with Gasteiger partial charge in [-0.3, -0.25) is 9.59 Å². The molecule has 1 heterocycles. The molecule has 0 spiro atoms. The Bertz CT molecular complexity index is 496. The maximum Gasteiger partial charge on any atom is 0.293 e. The second-order valence-corrected chi connectivity index (χ2v) is 5.28. The molecule has 1 unspecified atom stereocenters. The Hall–Kier alpha value is -1.85. The molecule has 0 aliphatic rings. The second-order valence-electron chi connectivity index (χ2n) is 5.28. The highest BCUT2D eigenvalue weighted by molar-refractivity contribution is 5.83. The molecule has 0 radical (unpaired) electrons. The smallest absolute Gasteiger partial charge is 0.293 e. The summed E-state index contributed by atoms with van der Waals surface area (Å²) >= 11 is 0. The van der Waals surface area contributed by atoms with Crippen molar-refractivity contribution < 1.29 is 4.79 Å². The van der Waals surface area contributed by atoms with E-state index in [1.165, 1.54) is 0 Å². The van der Waals surface area contributed by atoms with Crippen molar-refractivity contribution in [1.29, 1.82) is 0 Å². The summed E-state index contributed by atoms with van der Waals surface area (Å²) in [5.74, 6) is 0.474. The summed E-state index contributed by atoms with van der Waals surface area (Å²) in [6.45, 7) is 9.04. The molecule has 1 aromatic rings. The number of aryl methyl sites for hydroxylation is 1. The molecule has 0 saturated heterocycles. The average Bonchev–Trinajstić information content (AvgIpc) is 2.40. The second kappa shape index (κ2) is 7.67. The number of rotatable bonds is 7. The molecule has 0 aliphatic heterocycles. The van der Waals surface area contributed by atoms with Gasteiger partial charge >= 0.3 is 0 Å². The lowest BCUT2D eigenvalue weighted by atomic mass is 10.2. The highest BCUT2D eigenvalue weighted by Crippen LogP contribution is 1.98. The Morgan fingerprint density at radius 2 is 2.10 bits per heavy atom. The fraction of sp³-hybridized carbons (Fsp3) is 0.643. The van der Waals surface area contributed by atoms with Gasteiger partial charge < -0.3 is 15.2 Å². The van der Waals surface area contributed by atoms with E-state index >= 15 is 0 Å². The SMILES string of the molecule is CCCn1ccnc(NC(C)C(=O)NCC(C)C)c1=O. The van der Waals surface area contributed by atoms with E-state index in [0.717, 1.165) is 6.42 Å². The third-order valence-corrected chi connectivity index (χ3v) is 2.81. The molecule has 1 aromatic heterocycles. The molecule has 6 nitrogen and oxygen atoms in total. The monoisotopic (exact) mass is 280 g/mol. The van der Waals surface area contributed by atoms with Crippen molar-refractivity contribution in [2.24, 2.45) is 5.92 Å². The fourth-order valence-electron chi connectivity index (χ4n) is 1.69. The Labute approximate surface area is 119 Å². The molecule has 1 atom stereocenters. The lowest BCUT2D eigenvalue weighted by molar-refractivity contribution is -0.121. The summed E-state index contributed by atoms with van der Waals surface area (Å²) in [5, 5.41) is 5.70. The van der Waals surface area contributed by atoms with Crippen LogP contribution < -0.4 is 16.2 Å². The van der Waals surface area contributed by atoms with Crippen LogP contribution in [0.15, 0.2) is 17.2 Å². The number of hydrogen-bond donors (Lipinski definition) is 2. The third kappa shape index (κ3) is 4.68. The predicted molar refractivity (Wildman–Crippen MR) is 79.7 cm³/mol. The van der Waals surface area contributed by atoms with Gasteiger partial charge in [0.15, 0.2) is 5.82 Å². The maximum absolute atomic E-state index is 12.1. The van der Waals surface area contributed by atoms with Crippen molar-refractivity contribution in [3.63, 3.8) is 0 Å². The summed E-state index contributed by atoms with van der Waals surface area (Å²) < 4.78 is 1.59. The topological polar surface area (TPSA) is 76.0 Å². The summed E-state index contributed by atoms with van der Waals surface area (Å²) in [5.41, 5.74) is -0.196. The van der Waals surface area contributed by atoms with Crippen LogP contribution in [0.1, 0.15) is 34.1 Å². The van der Waals surface area contributed by atoms with Crippen LogP contribution in [0.4, 0.5) is 5.82 Å². The molecule has 0 bridgehead atoms. The first-order valence-electron chi connectivity index (χ1n) is 7.05. The Kier molecular flexibility index (Phi) is 6.21. The summed E-state index contributed by atoms with van der Waals surface area (Å²) in [7, 11) is 0. The van der Waals surface area contributed by atoms with E-state index in [-0.39, 0.29) is 17.3 Å². The Morgan fingerprint density at radius 3 is 2.70 bits per heavy atom. The minimum absolute atomic E-state index is 0.134. The number of carbonyl (C=O) groups excluding carboxylic acids is 1. The minimum Gasteiger partial charge on any atom is -0.354 e. The van der Waals surface area contributed by atoms with Gasteiger partial charge in [-0.25, -0.2) is 4.98 Å². The average molecular weight is 280 g/mol. The molecule has 2 N–H and O–H groups in total. The largest absolute Gasteiger partial charge is 0.354 e. The Morgan fingerprint density at radius 1 is 1.40 bits per heavy atom. The van der Waals surface area contributed by atoms with Gasteiger partial charge in [-0.15, -0.1) is 0 Å². The quantitative estimate of drug-likeness (QED) is 0.787. The molecule has 0 fully saturated rings. The molecule has 0 saturated carbocycles. The number of aromatic nitrogens is 2. The van der Waals surface area contributed by atoms with Crippen LogP contribution >= 0.6 is 0 Å². The zero-order chi connectivity index (χ0) is 15.1. The fourth-order valence-corrected chi connectivity index (χ4v) is 1.69. The van der Waals surface area contributed by atoms with E-state index < -0.39 is 6.04 Å². The van der Waals surface area contributed by atoms with Crippen LogP contribution in [0.2, 0.25) is 0 Å². The first-order valence-corrected chi connectivity index (χ1v) is 7.05. The van der Waals surface area contributed by atoms with Gasteiger partial charge in [0, 0.05) is 25.5 Å². The predicted octanol–water partition coefficient (Wildman–Crippen LogP) is 1.23.